The summed E-state index contributed by atoms with van der Waals surface area (Å²) >= 11 is 0. The Morgan fingerprint density at radius 1 is 1.21 bits per heavy atom. The van der Waals surface area contributed by atoms with Gasteiger partial charge in [0.15, 0.2) is 0 Å². The normalized spacial score (nSPS) is 16.1. The lowest BCUT2D eigenvalue weighted by molar-refractivity contribution is 0.233. The lowest BCUT2D eigenvalue weighted by Crippen LogP contribution is -2.36. The molecule has 1 saturated heterocycles. The number of piperidine rings is 1. The minimum Gasteiger partial charge on any atom is -0.317 e. The molecule has 0 saturated carbocycles. The second kappa shape index (κ2) is 7.99. The van der Waals surface area contributed by atoms with Crippen molar-refractivity contribution in [1.29, 1.82) is 0 Å². The topological polar surface area (TPSA) is 15.3 Å². The van der Waals surface area contributed by atoms with Crippen LogP contribution in [0.1, 0.15) is 25.3 Å². The molecule has 0 amide bonds. The highest BCUT2D eigenvalue weighted by molar-refractivity contribution is 5.33. The van der Waals surface area contributed by atoms with Gasteiger partial charge in [-0.3, -0.25) is 4.90 Å². The highest BCUT2D eigenvalue weighted by atomic mass is 15.1. The van der Waals surface area contributed by atoms with Crippen LogP contribution in [-0.2, 0) is 0 Å². The Bertz CT molecular complexity index is 410. The van der Waals surface area contributed by atoms with E-state index in [1.807, 2.05) is 18.2 Å². The molecule has 0 radical (unpaired) electrons. The van der Waals surface area contributed by atoms with Crippen LogP contribution in [0, 0.1) is 17.8 Å². The van der Waals surface area contributed by atoms with Gasteiger partial charge in [-0.1, -0.05) is 37.0 Å². The quantitative estimate of drug-likeness (QED) is 0.832. The fraction of sp³-hybridized carbons (Fsp3) is 0.529. The van der Waals surface area contributed by atoms with Crippen molar-refractivity contribution in [2.75, 3.05) is 32.7 Å². The second-order valence-corrected chi connectivity index (χ2v) is 5.19. The molecule has 1 aromatic carbocycles. The molecule has 1 aliphatic rings. The smallest absolute Gasteiger partial charge is 0.0605 e. The van der Waals surface area contributed by atoms with Crippen LogP contribution in [0.2, 0.25) is 0 Å². The lowest BCUT2D eigenvalue weighted by Gasteiger charge is -2.28. The van der Waals surface area contributed by atoms with Crippen LogP contribution in [0.3, 0.4) is 0 Å². The third-order valence-electron chi connectivity index (χ3n) is 3.73. The molecule has 0 atom stereocenters. The van der Waals surface area contributed by atoms with E-state index < -0.39 is 0 Å². The van der Waals surface area contributed by atoms with E-state index in [1.54, 1.807) is 0 Å². The Morgan fingerprint density at radius 2 is 1.95 bits per heavy atom. The first-order valence-electron chi connectivity index (χ1n) is 7.35. The van der Waals surface area contributed by atoms with Gasteiger partial charge in [-0.25, -0.2) is 0 Å². The molecular weight excluding hydrogens is 232 g/mol. The second-order valence-electron chi connectivity index (χ2n) is 5.19. The molecule has 102 valence electrons. The number of hydrogen-bond acceptors (Lipinski definition) is 2. The molecule has 1 aliphatic heterocycles. The van der Waals surface area contributed by atoms with E-state index in [9.17, 15) is 0 Å². The minimum absolute atomic E-state index is 0.847. The van der Waals surface area contributed by atoms with Crippen molar-refractivity contribution < 1.29 is 0 Å². The standard InChI is InChI=1S/C17H24N2/c1-2-19(15-17-10-12-18-13-11-17)14-6-9-16-7-4-3-5-8-16/h3-5,7-8,17-18H,2,10-15H2,1H3. The molecule has 0 bridgehead atoms. The van der Waals surface area contributed by atoms with Crippen LogP contribution in [0.4, 0.5) is 0 Å². The molecule has 1 heterocycles. The number of benzene rings is 1. The Labute approximate surface area is 117 Å². The van der Waals surface area contributed by atoms with Crippen molar-refractivity contribution >= 4 is 0 Å². The SMILES string of the molecule is CCN(CC#Cc1ccccc1)CC1CCNCC1. The van der Waals surface area contributed by atoms with Gasteiger partial charge in [-0.15, -0.1) is 0 Å². The van der Waals surface area contributed by atoms with Crippen LogP contribution < -0.4 is 5.32 Å². The van der Waals surface area contributed by atoms with Gasteiger partial charge < -0.3 is 5.32 Å². The van der Waals surface area contributed by atoms with E-state index in [2.05, 4.69) is 41.1 Å². The van der Waals surface area contributed by atoms with Crippen molar-refractivity contribution in [3.05, 3.63) is 35.9 Å². The van der Waals surface area contributed by atoms with Crippen LogP contribution >= 0.6 is 0 Å². The summed E-state index contributed by atoms with van der Waals surface area (Å²) in [5, 5.41) is 3.42. The van der Waals surface area contributed by atoms with Crippen molar-refractivity contribution in [3.63, 3.8) is 0 Å². The number of nitrogens with zero attached hydrogens (tertiary/aromatic N) is 1. The van der Waals surface area contributed by atoms with E-state index in [0.717, 1.165) is 24.6 Å². The van der Waals surface area contributed by atoms with E-state index in [0.29, 0.717) is 0 Å². The molecule has 0 unspecified atom stereocenters. The molecule has 2 rings (SSSR count). The number of hydrogen-bond donors (Lipinski definition) is 1. The molecule has 1 fully saturated rings. The van der Waals surface area contributed by atoms with Gasteiger partial charge in [0, 0.05) is 12.1 Å². The summed E-state index contributed by atoms with van der Waals surface area (Å²) in [4.78, 5) is 2.46. The number of nitrogens with one attached hydrogen (secondary N) is 1. The summed E-state index contributed by atoms with van der Waals surface area (Å²) < 4.78 is 0. The number of rotatable bonds is 4. The molecule has 0 aromatic heterocycles. The predicted molar refractivity (Wildman–Crippen MR) is 81.0 cm³/mol. The predicted octanol–water partition coefficient (Wildman–Crippen LogP) is 2.36. The summed E-state index contributed by atoms with van der Waals surface area (Å²) in [7, 11) is 0. The maximum absolute atomic E-state index is 3.42. The third kappa shape index (κ3) is 5.06. The van der Waals surface area contributed by atoms with Gasteiger partial charge >= 0.3 is 0 Å². The largest absolute Gasteiger partial charge is 0.317 e. The first kappa shape index (κ1) is 14.1. The molecule has 19 heavy (non-hydrogen) atoms. The fourth-order valence-corrected chi connectivity index (χ4v) is 2.51. The maximum atomic E-state index is 3.42. The summed E-state index contributed by atoms with van der Waals surface area (Å²) in [6, 6.07) is 10.2. The van der Waals surface area contributed by atoms with E-state index >= 15 is 0 Å². The van der Waals surface area contributed by atoms with Crippen molar-refractivity contribution in [3.8, 4) is 11.8 Å². The minimum atomic E-state index is 0.847. The summed E-state index contributed by atoms with van der Waals surface area (Å²) in [6.07, 6.45) is 2.62. The molecule has 2 nitrogen and oxygen atoms in total. The van der Waals surface area contributed by atoms with Crippen LogP contribution in [0.5, 0.6) is 0 Å². The Balaban J connectivity index is 1.80. The van der Waals surface area contributed by atoms with Crippen LogP contribution in [0.25, 0.3) is 0 Å². The lowest BCUT2D eigenvalue weighted by atomic mass is 9.97. The summed E-state index contributed by atoms with van der Waals surface area (Å²) in [6.45, 7) is 7.76. The van der Waals surface area contributed by atoms with E-state index in [-0.39, 0.29) is 0 Å². The molecule has 0 spiro atoms. The monoisotopic (exact) mass is 256 g/mol. The zero-order valence-corrected chi connectivity index (χ0v) is 11.9. The molecule has 0 aliphatic carbocycles. The van der Waals surface area contributed by atoms with Crippen molar-refractivity contribution in [1.82, 2.24) is 10.2 Å². The first-order valence-corrected chi connectivity index (χ1v) is 7.35. The van der Waals surface area contributed by atoms with Gasteiger partial charge in [0.25, 0.3) is 0 Å². The highest BCUT2D eigenvalue weighted by Crippen LogP contribution is 2.12. The average Bonchev–Trinajstić information content (AvgIpc) is 2.48. The van der Waals surface area contributed by atoms with E-state index in [4.69, 9.17) is 0 Å². The summed E-state index contributed by atoms with van der Waals surface area (Å²) in [5.74, 6) is 7.39. The zero-order chi connectivity index (χ0) is 13.3. The van der Waals surface area contributed by atoms with Gasteiger partial charge in [0.1, 0.15) is 0 Å². The summed E-state index contributed by atoms with van der Waals surface area (Å²) in [5.41, 5.74) is 1.11. The molecule has 1 aromatic rings. The Hall–Kier alpha value is -1.30. The Kier molecular flexibility index (Phi) is 5.94. The fourth-order valence-electron chi connectivity index (χ4n) is 2.51. The van der Waals surface area contributed by atoms with Gasteiger partial charge in [-0.2, -0.15) is 0 Å². The molecule has 2 heteroatoms. The third-order valence-corrected chi connectivity index (χ3v) is 3.73. The average molecular weight is 256 g/mol. The van der Waals surface area contributed by atoms with Gasteiger partial charge in [0.2, 0.25) is 0 Å². The van der Waals surface area contributed by atoms with E-state index in [1.165, 1.54) is 32.5 Å². The molecular formula is C17H24N2. The van der Waals surface area contributed by atoms with Crippen molar-refractivity contribution in [2.24, 2.45) is 5.92 Å². The maximum Gasteiger partial charge on any atom is 0.0605 e. The zero-order valence-electron chi connectivity index (χ0n) is 11.9. The van der Waals surface area contributed by atoms with Crippen LogP contribution in [0.15, 0.2) is 30.3 Å². The van der Waals surface area contributed by atoms with Gasteiger partial charge in [0.05, 0.1) is 6.54 Å². The molecule has 1 N–H and O–H groups in total. The Morgan fingerprint density at radius 3 is 2.63 bits per heavy atom. The van der Waals surface area contributed by atoms with Crippen molar-refractivity contribution in [2.45, 2.75) is 19.8 Å². The van der Waals surface area contributed by atoms with Crippen LogP contribution in [-0.4, -0.2) is 37.6 Å². The first-order chi connectivity index (χ1) is 9.38. The highest BCUT2D eigenvalue weighted by Gasteiger charge is 2.15. The van der Waals surface area contributed by atoms with Gasteiger partial charge in [-0.05, 0) is 50.5 Å².